The number of carbonyl (C=O) groups is 2. The van der Waals surface area contributed by atoms with Gasteiger partial charge in [-0.15, -0.1) is 0 Å². The van der Waals surface area contributed by atoms with Crippen LogP contribution in [-0.2, 0) is 23.5 Å². The Labute approximate surface area is 297 Å². The Morgan fingerprint density at radius 3 is 2.44 bits per heavy atom. The Morgan fingerprint density at radius 2 is 1.67 bits per heavy atom. The highest BCUT2D eigenvalue weighted by molar-refractivity contribution is 5.94. The van der Waals surface area contributed by atoms with Crippen molar-refractivity contribution in [3.8, 4) is 22.8 Å². The molecule has 0 spiro atoms. The molecule has 6 aromatic rings. The predicted octanol–water partition coefficient (Wildman–Crippen LogP) is 3.77. The molecule has 52 heavy (non-hydrogen) atoms. The van der Waals surface area contributed by atoms with Crippen LogP contribution in [0.5, 0.6) is 11.5 Å². The van der Waals surface area contributed by atoms with Gasteiger partial charge in [0.25, 0.3) is 5.91 Å². The van der Waals surface area contributed by atoms with Crippen LogP contribution in [0.3, 0.4) is 0 Å². The van der Waals surface area contributed by atoms with Crippen molar-refractivity contribution >= 4 is 22.8 Å². The molecule has 0 saturated carbocycles. The second-order valence-electron chi connectivity index (χ2n) is 12.0. The zero-order valence-electron chi connectivity index (χ0n) is 27.9. The largest absolute Gasteiger partial charge is 0.506 e. The number of methoxy groups -OCH3 is 1. The van der Waals surface area contributed by atoms with Crippen molar-refractivity contribution in [3.05, 3.63) is 153 Å². The van der Waals surface area contributed by atoms with Crippen LogP contribution in [-0.4, -0.2) is 60.9 Å². The number of carbonyl (C=O) groups excluding carboxylic acids is 1. The third-order valence-electron chi connectivity index (χ3n) is 8.71. The van der Waals surface area contributed by atoms with Crippen LogP contribution in [0.15, 0.2) is 114 Å². The van der Waals surface area contributed by atoms with Crippen molar-refractivity contribution in [2.75, 3.05) is 13.7 Å². The lowest BCUT2D eigenvalue weighted by atomic mass is 9.85. The number of phenols is 1. The van der Waals surface area contributed by atoms with Gasteiger partial charge in [-0.2, -0.15) is 0 Å². The van der Waals surface area contributed by atoms with Gasteiger partial charge in [0.2, 0.25) is 11.2 Å². The molecule has 0 unspecified atom stereocenters. The monoisotopic (exact) mass is 701 g/mol. The molecule has 264 valence electrons. The SMILES string of the molecule is COc1cc(C(=O)NCc2nccnc2-c2cccc([C@](O)(C(=O)O)c3ccccc3)c2)ccc1CNC[C@H](O)c1ccc(O)c2[nH]c(=O)ccc12. The highest BCUT2D eigenvalue weighted by Crippen LogP contribution is 2.33. The summed E-state index contributed by atoms with van der Waals surface area (Å²) < 4.78 is 5.56. The quantitative estimate of drug-likeness (QED) is 0.0923. The van der Waals surface area contributed by atoms with E-state index in [-0.39, 0.29) is 41.0 Å². The van der Waals surface area contributed by atoms with Gasteiger partial charge in [-0.3, -0.25) is 19.6 Å². The molecule has 7 N–H and O–H groups in total. The number of H-pyrrole nitrogens is 1. The summed E-state index contributed by atoms with van der Waals surface area (Å²) in [7, 11) is 1.49. The Morgan fingerprint density at radius 1 is 0.904 bits per heavy atom. The third kappa shape index (κ3) is 7.23. The van der Waals surface area contributed by atoms with Crippen molar-refractivity contribution in [1.82, 2.24) is 25.6 Å². The van der Waals surface area contributed by atoms with Crippen molar-refractivity contribution in [3.63, 3.8) is 0 Å². The van der Waals surface area contributed by atoms with Crippen LogP contribution in [0.4, 0.5) is 0 Å². The Kier molecular flexibility index (Phi) is 10.4. The number of carboxylic acids is 1. The third-order valence-corrected chi connectivity index (χ3v) is 8.71. The summed E-state index contributed by atoms with van der Waals surface area (Å²) in [5.74, 6) is -1.48. The molecule has 0 aliphatic heterocycles. The molecule has 0 bridgehead atoms. The Hall–Kier alpha value is -6.41. The first-order valence-corrected chi connectivity index (χ1v) is 16.2. The minimum atomic E-state index is -2.31. The number of benzene rings is 4. The number of aliphatic carboxylic acids is 1. The number of pyridine rings is 1. The van der Waals surface area contributed by atoms with E-state index >= 15 is 0 Å². The summed E-state index contributed by atoms with van der Waals surface area (Å²) in [6.45, 7) is 0.450. The van der Waals surface area contributed by atoms with Gasteiger partial charge in [-0.05, 0) is 41.5 Å². The number of aromatic nitrogens is 3. The van der Waals surface area contributed by atoms with E-state index < -0.39 is 23.6 Å². The van der Waals surface area contributed by atoms with E-state index in [1.54, 1.807) is 78.9 Å². The van der Waals surface area contributed by atoms with E-state index in [9.17, 15) is 34.8 Å². The summed E-state index contributed by atoms with van der Waals surface area (Å²) in [6.07, 6.45) is 2.02. The Bertz CT molecular complexity index is 2310. The van der Waals surface area contributed by atoms with E-state index in [2.05, 4.69) is 25.6 Å². The minimum absolute atomic E-state index is 0.00252. The molecule has 2 atom stereocenters. The number of nitrogens with zero attached hydrogens (tertiary/aromatic N) is 2. The number of nitrogens with one attached hydrogen (secondary N) is 3. The lowest BCUT2D eigenvalue weighted by molar-refractivity contribution is -0.155. The summed E-state index contributed by atoms with van der Waals surface area (Å²) in [4.78, 5) is 48.8. The van der Waals surface area contributed by atoms with Gasteiger partial charge < -0.3 is 40.8 Å². The molecule has 6 rings (SSSR count). The Balaban J connectivity index is 1.13. The highest BCUT2D eigenvalue weighted by Gasteiger charge is 2.40. The fourth-order valence-electron chi connectivity index (χ4n) is 6.02. The van der Waals surface area contributed by atoms with Crippen LogP contribution in [0, 0.1) is 0 Å². The maximum Gasteiger partial charge on any atom is 0.345 e. The molecule has 0 radical (unpaired) electrons. The van der Waals surface area contributed by atoms with Gasteiger partial charge in [0.1, 0.15) is 11.5 Å². The van der Waals surface area contributed by atoms with Gasteiger partial charge in [0, 0.05) is 59.2 Å². The summed E-state index contributed by atoms with van der Waals surface area (Å²) in [5.41, 5.74) is 0.822. The molecule has 4 aromatic carbocycles. The second-order valence-corrected chi connectivity index (χ2v) is 12.0. The smallest absolute Gasteiger partial charge is 0.345 e. The molecule has 1 amide bonds. The van der Waals surface area contributed by atoms with Gasteiger partial charge in [0.15, 0.2) is 0 Å². The average molecular weight is 702 g/mol. The molecular weight excluding hydrogens is 666 g/mol. The number of hydrogen-bond acceptors (Lipinski definition) is 10. The van der Waals surface area contributed by atoms with Crippen LogP contribution in [0.25, 0.3) is 22.2 Å². The van der Waals surface area contributed by atoms with Crippen LogP contribution in [0.2, 0.25) is 0 Å². The first-order valence-electron chi connectivity index (χ1n) is 16.2. The van der Waals surface area contributed by atoms with E-state index in [0.29, 0.717) is 45.8 Å². The number of aliphatic hydroxyl groups is 2. The topological polar surface area (TPSA) is 207 Å². The normalized spacial score (nSPS) is 12.9. The molecular formula is C39H35N5O8. The minimum Gasteiger partial charge on any atom is -0.506 e. The van der Waals surface area contributed by atoms with Gasteiger partial charge in [-0.25, -0.2) is 4.79 Å². The molecule has 2 heterocycles. The first kappa shape index (κ1) is 35.4. The summed E-state index contributed by atoms with van der Waals surface area (Å²) in [6, 6.07) is 25.4. The number of aromatic hydroxyl groups is 1. The molecule has 13 heteroatoms. The zero-order valence-corrected chi connectivity index (χ0v) is 27.9. The van der Waals surface area contributed by atoms with Crippen molar-refractivity contribution in [2.45, 2.75) is 24.8 Å². The number of rotatable bonds is 13. The number of amides is 1. The maximum absolute atomic E-state index is 13.3. The number of aliphatic hydroxyl groups excluding tert-OH is 1. The van der Waals surface area contributed by atoms with Crippen LogP contribution < -0.4 is 20.9 Å². The molecule has 2 aromatic heterocycles. The zero-order chi connectivity index (χ0) is 36.8. The van der Waals surface area contributed by atoms with E-state index in [1.165, 1.54) is 37.7 Å². The molecule has 0 saturated heterocycles. The number of hydrogen-bond donors (Lipinski definition) is 7. The predicted molar refractivity (Wildman–Crippen MR) is 192 cm³/mol. The first-order chi connectivity index (χ1) is 25.1. The maximum atomic E-state index is 13.3. The second kappa shape index (κ2) is 15.2. The van der Waals surface area contributed by atoms with Crippen LogP contribution in [0.1, 0.15) is 44.4 Å². The molecule has 0 fully saturated rings. The van der Waals surface area contributed by atoms with E-state index in [1.807, 2.05) is 0 Å². The number of carboxylic acid groups (broad SMARTS) is 1. The number of phenolic OH excluding ortho intramolecular Hbond substituents is 1. The fourth-order valence-corrected chi connectivity index (χ4v) is 6.02. The number of fused-ring (bicyclic) bond motifs is 1. The van der Waals surface area contributed by atoms with Gasteiger partial charge in [0.05, 0.1) is 36.7 Å². The lowest BCUT2D eigenvalue weighted by Crippen LogP contribution is -2.36. The number of ether oxygens (including phenoxy) is 1. The molecule has 13 nitrogen and oxygen atoms in total. The van der Waals surface area contributed by atoms with Gasteiger partial charge in [-0.1, -0.05) is 60.7 Å². The molecule has 0 aliphatic carbocycles. The fraction of sp³-hybridized carbons (Fsp3) is 0.154. The van der Waals surface area contributed by atoms with Crippen LogP contribution >= 0.6 is 0 Å². The van der Waals surface area contributed by atoms with Crippen molar-refractivity contribution in [1.29, 1.82) is 0 Å². The van der Waals surface area contributed by atoms with E-state index in [4.69, 9.17) is 4.74 Å². The summed E-state index contributed by atoms with van der Waals surface area (Å²) >= 11 is 0. The standard InChI is InChI=1S/C39H35N5O8/c1-52-33-19-24(10-11-25(33)20-40-22-32(46)28-12-14-31(45)36-29(28)13-15-34(47)44-36)37(48)43-21-30-35(42-17-16-41-30)23-6-5-9-27(18-23)39(51,38(49)50)26-7-3-2-4-8-26/h2-19,32,40,45-46,51H,20-22H2,1H3,(H,43,48)(H,44,47)(H,49,50)/t32-,39-/m0/s1. The van der Waals surface area contributed by atoms with Crippen molar-refractivity contribution < 1.29 is 34.8 Å². The summed E-state index contributed by atoms with van der Waals surface area (Å²) in [5, 5.41) is 49.0. The lowest BCUT2D eigenvalue weighted by Gasteiger charge is -2.25. The van der Waals surface area contributed by atoms with E-state index in [0.717, 1.165) is 5.56 Å². The molecule has 0 aliphatic rings. The highest BCUT2D eigenvalue weighted by atomic mass is 16.5. The van der Waals surface area contributed by atoms with Gasteiger partial charge >= 0.3 is 5.97 Å². The van der Waals surface area contributed by atoms with Crippen molar-refractivity contribution in [2.24, 2.45) is 0 Å². The average Bonchev–Trinajstić information content (AvgIpc) is 3.17. The number of aromatic amines is 1.